The number of benzene rings is 1. The summed E-state index contributed by atoms with van der Waals surface area (Å²) in [6, 6.07) is 4.17. The van der Waals surface area contributed by atoms with Crippen molar-refractivity contribution in [3.8, 4) is 0 Å². The molecule has 0 spiro atoms. The number of carbonyl (C=O) groups is 1. The molecule has 0 aliphatic heterocycles. The predicted octanol–water partition coefficient (Wildman–Crippen LogP) is 4.29. The second-order valence-corrected chi connectivity index (χ2v) is 6.53. The van der Waals surface area contributed by atoms with Gasteiger partial charge in [-0.25, -0.2) is 4.39 Å². The maximum absolute atomic E-state index is 13.2. The van der Waals surface area contributed by atoms with Crippen LogP contribution in [0.4, 0.5) is 4.39 Å². The standard InChI is InChI=1S/C15H19BrFNO/c1-15(7-3-2-4-8-15)10-18-14(19)12-9-11(17)5-6-13(12)16/h5-6,9H,2-4,7-8,10H2,1H3,(H,18,19). The Morgan fingerprint density at radius 2 is 2.05 bits per heavy atom. The molecule has 0 heterocycles. The van der Waals surface area contributed by atoms with Crippen LogP contribution < -0.4 is 5.32 Å². The summed E-state index contributed by atoms with van der Waals surface area (Å²) in [5.41, 5.74) is 0.549. The van der Waals surface area contributed by atoms with Crippen molar-refractivity contribution in [1.82, 2.24) is 5.32 Å². The Morgan fingerprint density at radius 3 is 2.74 bits per heavy atom. The zero-order valence-corrected chi connectivity index (χ0v) is 12.7. The van der Waals surface area contributed by atoms with Gasteiger partial charge in [0.15, 0.2) is 0 Å². The molecule has 0 unspecified atom stereocenters. The first-order valence-electron chi connectivity index (χ1n) is 6.73. The van der Waals surface area contributed by atoms with E-state index in [1.165, 1.54) is 31.4 Å². The topological polar surface area (TPSA) is 29.1 Å². The Kier molecular flexibility index (Phi) is 4.61. The lowest BCUT2D eigenvalue weighted by Crippen LogP contribution is -2.37. The van der Waals surface area contributed by atoms with Crippen molar-refractivity contribution in [3.63, 3.8) is 0 Å². The zero-order valence-electron chi connectivity index (χ0n) is 11.1. The van der Waals surface area contributed by atoms with E-state index in [4.69, 9.17) is 0 Å². The first kappa shape index (κ1) is 14.5. The number of amides is 1. The molecule has 19 heavy (non-hydrogen) atoms. The highest BCUT2D eigenvalue weighted by molar-refractivity contribution is 9.10. The van der Waals surface area contributed by atoms with Gasteiger partial charge >= 0.3 is 0 Å². The lowest BCUT2D eigenvalue weighted by Gasteiger charge is -2.33. The van der Waals surface area contributed by atoms with E-state index in [0.717, 1.165) is 12.8 Å². The molecule has 0 radical (unpaired) electrons. The molecular weight excluding hydrogens is 309 g/mol. The van der Waals surface area contributed by atoms with Crippen molar-refractivity contribution in [3.05, 3.63) is 34.1 Å². The Labute approximate surface area is 121 Å². The summed E-state index contributed by atoms with van der Waals surface area (Å²) in [6.45, 7) is 2.88. The molecule has 1 aromatic carbocycles. The molecule has 0 aromatic heterocycles. The molecule has 1 saturated carbocycles. The van der Waals surface area contributed by atoms with E-state index < -0.39 is 5.82 Å². The highest BCUT2D eigenvalue weighted by Crippen LogP contribution is 2.35. The van der Waals surface area contributed by atoms with Gasteiger partial charge < -0.3 is 5.32 Å². The average Bonchev–Trinajstić information content (AvgIpc) is 2.40. The van der Waals surface area contributed by atoms with Gasteiger partial charge in [0.05, 0.1) is 5.56 Å². The third kappa shape index (κ3) is 3.78. The summed E-state index contributed by atoms with van der Waals surface area (Å²) in [5, 5.41) is 2.94. The third-order valence-corrected chi connectivity index (χ3v) is 4.60. The van der Waals surface area contributed by atoms with Gasteiger partial charge in [-0.15, -0.1) is 0 Å². The Bertz CT molecular complexity index is 469. The second kappa shape index (κ2) is 6.04. The monoisotopic (exact) mass is 327 g/mol. The molecular formula is C15H19BrFNO. The molecule has 0 bridgehead atoms. The fraction of sp³-hybridized carbons (Fsp3) is 0.533. The molecule has 2 rings (SSSR count). The summed E-state index contributed by atoms with van der Waals surface area (Å²) >= 11 is 3.28. The lowest BCUT2D eigenvalue weighted by molar-refractivity contribution is 0.0918. The molecule has 0 saturated heterocycles. The van der Waals surface area contributed by atoms with E-state index in [2.05, 4.69) is 28.2 Å². The average molecular weight is 328 g/mol. The van der Waals surface area contributed by atoms with E-state index >= 15 is 0 Å². The van der Waals surface area contributed by atoms with Crippen LogP contribution in [0.25, 0.3) is 0 Å². The van der Waals surface area contributed by atoms with Crippen LogP contribution >= 0.6 is 15.9 Å². The van der Waals surface area contributed by atoms with Gasteiger partial charge in [0, 0.05) is 11.0 Å². The Morgan fingerprint density at radius 1 is 1.37 bits per heavy atom. The maximum Gasteiger partial charge on any atom is 0.252 e. The van der Waals surface area contributed by atoms with Crippen LogP contribution in [0.3, 0.4) is 0 Å². The molecule has 1 fully saturated rings. The fourth-order valence-electron chi connectivity index (χ4n) is 2.64. The summed E-state index contributed by atoms with van der Waals surface area (Å²) in [4.78, 5) is 12.1. The van der Waals surface area contributed by atoms with E-state index in [9.17, 15) is 9.18 Å². The number of halogens is 2. The van der Waals surface area contributed by atoms with Crippen LogP contribution in [0.1, 0.15) is 49.4 Å². The van der Waals surface area contributed by atoms with E-state index in [1.54, 1.807) is 6.07 Å². The minimum Gasteiger partial charge on any atom is -0.351 e. The number of carbonyl (C=O) groups excluding carboxylic acids is 1. The van der Waals surface area contributed by atoms with E-state index in [1.807, 2.05) is 0 Å². The van der Waals surface area contributed by atoms with Gasteiger partial charge in [0.25, 0.3) is 5.91 Å². The predicted molar refractivity (Wildman–Crippen MR) is 77.6 cm³/mol. The number of rotatable bonds is 3. The Balaban J connectivity index is 1.99. The highest BCUT2D eigenvalue weighted by Gasteiger charge is 2.27. The summed E-state index contributed by atoms with van der Waals surface area (Å²) in [7, 11) is 0. The minimum absolute atomic E-state index is 0.188. The van der Waals surface area contributed by atoms with Crippen LogP contribution in [0.15, 0.2) is 22.7 Å². The molecule has 2 nitrogen and oxygen atoms in total. The van der Waals surface area contributed by atoms with Crippen LogP contribution in [-0.4, -0.2) is 12.5 Å². The quantitative estimate of drug-likeness (QED) is 0.881. The molecule has 1 aliphatic rings. The van der Waals surface area contributed by atoms with Crippen molar-refractivity contribution >= 4 is 21.8 Å². The molecule has 0 atom stereocenters. The lowest BCUT2D eigenvalue weighted by atomic mass is 9.76. The van der Waals surface area contributed by atoms with Crippen LogP contribution in [0, 0.1) is 11.2 Å². The molecule has 1 amide bonds. The van der Waals surface area contributed by atoms with Crippen LogP contribution in [0.2, 0.25) is 0 Å². The van der Waals surface area contributed by atoms with Gasteiger partial charge in [-0.2, -0.15) is 0 Å². The van der Waals surface area contributed by atoms with Gasteiger partial charge in [-0.05, 0) is 52.4 Å². The first-order valence-corrected chi connectivity index (χ1v) is 7.53. The van der Waals surface area contributed by atoms with Gasteiger partial charge in [-0.1, -0.05) is 26.2 Å². The fourth-order valence-corrected chi connectivity index (χ4v) is 3.07. The summed E-state index contributed by atoms with van der Waals surface area (Å²) < 4.78 is 13.8. The van der Waals surface area contributed by atoms with Gasteiger partial charge in [0.1, 0.15) is 5.82 Å². The third-order valence-electron chi connectivity index (χ3n) is 3.91. The number of hydrogen-bond acceptors (Lipinski definition) is 1. The van der Waals surface area contributed by atoms with Crippen LogP contribution in [0.5, 0.6) is 0 Å². The summed E-state index contributed by atoms with van der Waals surface area (Å²) in [6.07, 6.45) is 6.06. The highest BCUT2D eigenvalue weighted by atomic mass is 79.9. The molecule has 1 aliphatic carbocycles. The molecule has 104 valence electrons. The van der Waals surface area contributed by atoms with Crippen molar-refractivity contribution in [1.29, 1.82) is 0 Å². The molecule has 1 N–H and O–H groups in total. The second-order valence-electron chi connectivity index (χ2n) is 5.68. The van der Waals surface area contributed by atoms with E-state index in [-0.39, 0.29) is 11.3 Å². The van der Waals surface area contributed by atoms with Gasteiger partial charge in [-0.3, -0.25) is 4.79 Å². The Hall–Kier alpha value is -0.900. The maximum atomic E-state index is 13.2. The smallest absolute Gasteiger partial charge is 0.252 e. The first-order chi connectivity index (χ1) is 9.00. The van der Waals surface area contributed by atoms with Crippen molar-refractivity contribution < 1.29 is 9.18 Å². The summed E-state index contributed by atoms with van der Waals surface area (Å²) in [5.74, 6) is -0.601. The number of nitrogens with one attached hydrogen (secondary N) is 1. The van der Waals surface area contributed by atoms with E-state index in [0.29, 0.717) is 16.6 Å². The normalized spacial score (nSPS) is 18.1. The van der Waals surface area contributed by atoms with Crippen molar-refractivity contribution in [2.45, 2.75) is 39.0 Å². The zero-order chi connectivity index (χ0) is 13.9. The molecule has 1 aromatic rings. The molecule has 4 heteroatoms. The minimum atomic E-state index is -0.391. The largest absolute Gasteiger partial charge is 0.351 e. The van der Waals surface area contributed by atoms with Crippen LogP contribution in [-0.2, 0) is 0 Å². The SMILES string of the molecule is CC1(CNC(=O)c2cc(F)ccc2Br)CCCCC1. The van der Waals surface area contributed by atoms with Crippen molar-refractivity contribution in [2.75, 3.05) is 6.54 Å². The van der Waals surface area contributed by atoms with Crippen molar-refractivity contribution in [2.24, 2.45) is 5.41 Å². The van der Waals surface area contributed by atoms with Gasteiger partial charge in [0.2, 0.25) is 0 Å². The number of hydrogen-bond donors (Lipinski definition) is 1.